The maximum absolute atomic E-state index is 5.22. The van der Waals surface area contributed by atoms with E-state index >= 15 is 0 Å². The second-order valence-electron chi connectivity index (χ2n) is 4.68. The van der Waals surface area contributed by atoms with E-state index in [-0.39, 0.29) is 0 Å². The topological polar surface area (TPSA) is 45.3 Å². The summed E-state index contributed by atoms with van der Waals surface area (Å²) < 4.78 is 0. The van der Waals surface area contributed by atoms with Gasteiger partial charge in [-0.25, -0.2) is 5.43 Å². The molecule has 1 heterocycles. The maximum Gasteiger partial charge on any atom is 0.0699 e. The molecule has 0 spiro atoms. The molecule has 4 heteroatoms. The van der Waals surface area contributed by atoms with Gasteiger partial charge in [-0.05, 0) is 25.7 Å². The third-order valence-electron chi connectivity index (χ3n) is 2.99. The number of hydrazine groups is 2. The second kappa shape index (κ2) is 12.8. The molecule has 1 aliphatic rings. The number of hydrogen-bond acceptors (Lipinski definition) is 4. The van der Waals surface area contributed by atoms with Gasteiger partial charge in [-0.3, -0.25) is 4.84 Å². The van der Waals surface area contributed by atoms with E-state index in [0.29, 0.717) is 0 Å². The van der Waals surface area contributed by atoms with Gasteiger partial charge in [0.25, 0.3) is 0 Å². The van der Waals surface area contributed by atoms with E-state index in [1.165, 1.54) is 44.9 Å². The van der Waals surface area contributed by atoms with Crippen LogP contribution in [0.25, 0.3) is 0 Å². The van der Waals surface area contributed by atoms with Crippen molar-refractivity contribution in [3.8, 4) is 11.8 Å². The van der Waals surface area contributed by atoms with Crippen molar-refractivity contribution in [2.45, 2.75) is 64.2 Å². The molecule has 0 saturated carbocycles. The van der Waals surface area contributed by atoms with E-state index in [9.17, 15) is 0 Å². The lowest BCUT2D eigenvalue weighted by Crippen LogP contribution is -2.43. The Morgan fingerprint density at radius 2 is 1.39 bits per heavy atom. The first kappa shape index (κ1) is 15.5. The Morgan fingerprint density at radius 3 is 2.22 bits per heavy atom. The molecule has 0 bridgehead atoms. The smallest absolute Gasteiger partial charge is 0.0699 e. The molecule has 1 rings (SSSR count). The van der Waals surface area contributed by atoms with Crippen LogP contribution >= 0.6 is 0 Å². The molecule has 0 aliphatic carbocycles. The first-order valence-electron chi connectivity index (χ1n) is 7.30. The zero-order valence-electron chi connectivity index (χ0n) is 11.4. The first-order valence-corrected chi connectivity index (χ1v) is 7.30. The number of rotatable bonds is 0. The quantitative estimate of drug-likeness (QED) is 0.580. The summed E-state index contributed by atoms with van der Waals surface area (Å²) in [6, 6.07) is 0. The van der Waals surface area contributed by atoms with Crippen molar-refractivity contribution in [2.75, 3.05) is 13.2 Å². The van der Waals surface area contributed by atoms with Crippen LogP contribution in [-0.4, -0.2) is 13.2 Å². The van der Waals surface area contributed by atoms with Gasteiger partial charge in [0.2, 0.25) is 0 Å². The third kappa shape index (κ3) is 10.5. The minimum absolute atomic E-state index is 0.738. The standard InChI is InChI=1S/C14H27N3O/c1-2-4-6-8-10-12-14-18-17-16-15-13-11-9-7-5-3-1/h15-17H,1,3,5-14H2. The lowest BCUT2D eigenvalue weighted by molar-refractivity contribution is -0.00208. The highest BCUT2D eigenvalue weighted by Crippen LogP contribution is 2.04. The van der Waals surface area contributed by atoms with Crippen molar-refractivity contribution in [3.05, 3.63) is 0 Å². The van der Waals surface area contributed by atoms with Gasteiger partial charge < -0.3 is 0 Å². The lowest BCUT2D eigenvalue weighted by atomic mass is 10.1. The van der Waals surface area contributed by atoms with Gasteiger partial charge >= 0.3 is 0 Å². The molecule has 0 atom stereocenters. The molecule has 18 heavy (non-hydrogen) atoms. The van der Waals surface area contributed by atoms with E-state index < -0.39 is 0 Å². The Labute approximate surface area is 111 Å². The van der Waals surface area contributed by atoms with Crippen LogP contribution in [0.15, 0.2) is 0 Å². The van der Waals surface area contributed by atoms with E-state index in [0.717, 1.165) is 32.4 Å². The SMILES string of the molecule is C1#CCCCCCONNNCCCCCCC1. The molecular weight excluding hydrogens is 226 g/mol. The molecule has 3 N–H and O–H groups in total. The second-order valence-corrected chi connectivity index (χ2v) is 4.68. The van der Waals surface area contributed by atoms with Gasteiger partial charge in [-0.15, -0.1) is 17.4 Å². The first-order chi connectivity index (χ1) is 9.00. The Bertz CT molecular complexity index is 213. The fourth-order valence-electron chi connectivity index (χ4n) is 1.88. The molecule has 1 aliphatic heterocycles. The van der Waals surface area contributed by atoms with Gasteiger partial charge in [0, 0.05) is 19.4 Å². The molecule has 104 valence electrons. The largest absolute Gasteiger partial charge is 0.286 e. The van der Waals surface area contributed by atoms with Crippen LogP contribution in [-0.2, 0) is 4.84 Å². The zero-order valence-corrected chi connectivity index (χ0v) is 11.4. The van der Waals surface area contributed by atoms with E-state index in [1.54, 1.807) is 0 Å². The average molecular weight is 253 g/mol. The molecule has 0 saturated heterocycles. The van der Waals surface area contributed by atoms with E-state index in [4.69, 9.17) is 4.84 Å². The van der Waals surface area contributed by atoms with Crippen LogP contribution in [0.3, 0.4) is 0 Å². The van der Waals surface area contributed by atoms with Crippen LogP contribution in [0, 0.1) is 11.8 Å². The summed E-state index contributed by atoms with van der Waals surface area (Å²) in [5.74, 6) is 6.53. The van der Waals surface area contributed by atoms with Crippen molar-refractivity contribution in [1.29, 1.82) is 0 Å². The average Bonchev–Trinajstić information content (AvgIpc) is 2.39. The van der Waals surface area contributed by atoms with Crippen molar-refractivity contribution in [2.24, 2.45) is 0 Å². The third-order valence-corrected chi connectivity index (χ3v) is 2.99. The van der Waals surface area contributed by atoms with Gasteiger partial charge in [0.1, 0.15) is 0 Å². The summed E-state index contributed by atoms with van der Waals surface area (Å²) in [4.78, 5) is 5.22. The minimum atomic E-state index is 0.738. The summed E-state index contributed by atoms with van der Waals surface area (Å²) in [6.07, 6.45) is 11.9. The molecule has 0 unspecified atom stereocenters. The predicted molar refractivity (Wildman–Crippen MR) is 74.2 cm³/mol. The summed E-state index contributed by atoms with van der Waals surface area (Å²) in [7, 11) is 0. The van der Waals surface area contributed by atoms with Gasteiger partial charge in [-0.2, -0.15) is 5.53 Å². The highest BCUT2D eigenvalue weighted by molar-refractivity contribution is 4.98. The van der Waals surface area contributed by atoms with Gasteiger partial charge in [-0.1, -0.05) is 25.7 Å². The van der Waals surface area contributed by atoms with E-state index in [1.807, 2.05) is 0 Å². The highest BCUT2D eigenvalue weighted by atomic mass is 16.7. The lowest BCUT2D eigenvalue weighted by Gasteiger charge is -2.08. The number of nitrogens with one attached hydrogen (secondary N) is 3. The Balaban J connectivity index is 2.09. The van der Waals surface area contributed by atoms with Crippen LogP contribution in [0.2, 0.25) is 0 Å². The van der Waals surface area contributed by atoms with Crippen molar-refractivity contribution >= 4 is 0 Å². The molecule has 0 aromatic heterocycles. The Kier molecular flexibility index (Phi) is 11.0. The fraction of sp³-hybridized carbons (Fsp3) is 0.857. The van der Waals surface area contributed by atoms with Crippen molar-refractivity contribution in [3.63, 3.8) is 0 Å². The summed E-state index contributed by atoms with van der Waals surface area (Å²) in [5, 5.41) is 0. The highest BCUT2D eigenvalue weighted by Gasteiger charge is 1.92. The van der Waals surface area contributed by atoms with E-state index in [2.05, 4.69) is 28.4 Å². The molecule has 0 radical (unpaired) electrons. The summed E-state index contributed by atoms with van der Waals surface area (Å²) in [5.41, 5.74) is 8.63. The normalized spacial score (nSPS) is 22.2. The fourth-order valence-corrected chi connectivity index (χ4v) is 1.88. The molecule has 0 aromatic rings. The van der Waals surface area contributed by atoms with Crippen LogP contribution in [0.4, 0.5) is 0 Å². The molecule has 0 aromatic carbocycles. The molecule has 0 amide bonds. The van der Waals surface area contributed by atoms with Crippen LogP contribution in [0.5, 0.6) is 0 Å². The zero-order chi connectivity index (χ0) is 12.7. The van der Waals surface area contributed by atoms with Crippen LogP contribution in [0.1, 0.15) is 64.2 Å². The Morgan fingerprint density at radius 1 is 0.722 bits per heavy atom. The predicted octanol–water partition coefficient (Wildman–Crippen LogP) is 2.43. The van der Waals surface area contributed by atoms with Gasteiger partial charge in [0.15, 0.2) is 0 Å². The minimum Gasteiger partial charge on any atom is -0.286 e. The van der Waals surface area contributed by atoms with Crippen molar-refractivity contribution in [1.82, 2.24) is 16.5 Å². The summed E-state index contributed by atoms with van der Waals surface area (Å²) in [6.45, 7) is 1.71. The number of hydrogen-bond donors (Lipinski definition) is 3. The molecular formula is C14H27N3O. The van der Waals surface area contributed by atoms with Crippen molar-refractivity contribution < 1.29 is 4.84 Å². The van der Waals surface area contributed by atoms with Crippen LogP contribution < -0.4 is 16.5 Å². The maximum atomic E-state index is 5.22. The van der Waals surface area contributed by atoms with Gasteiger partial charge in [0.05, 0.1) is 6.61 Å². The Hall–Kier alpha value is -0.600. The molecule has 4 nitrogen and oxygen atoms in total. The molecule has 0 fully saturated rings. The summed E-state index contributed by atoms with van der Waals surface area (Å²) >= 11 is 0. The monoisotopic (exact) mass is 253 g/mol.